The van der Waals surface area contributed by atoms with Gasteiger partial charge in [-0.1, -0.05) is 54.6 Å². The lowest BCUT2D eigenvalue weighted by molar-refractivity contribution is -0.138. The van der Waals surface area contributed by atoms with Crippen molar-refractivity contribution in [1.82, 2.24) is 14.7 Å². The maximum Gasteiger partial charge on any atom is 0.225 e. The molecule has 4 nitrogen and oxygen atoms in total. The fraction of sp³-hybridized carbons (Fsp3) is 0.577. The molecule has 0 N–H and O–H groups in total. The van der Waals surface area contributed by atoms with Gasteiger partial charge in [0.25, 0.3) is 0 Å². The second-order valence-corrected chi connectivity index (χ2v) is 9.16. The minimum Gasteiger partial charge on any atom is -0.340 e. The van der Waals surface area contributed by atoms with E-state index in [0.29, 0.717) is 5.91 Å². The van der Waals surface area contributed by atoms with Crippen molar-refractivity contribution >= 4 is 12.0 Å². The molecule has 0 saturated carbocycles. The van der Waals surface area contributed by atoms with Crippen LogP contribution in [0, 0.1) is 11.8 Å². The molecule has 0 aromatic heterocycles. The number of carbonyl (C=O) groups is 1. The second-order valence-electron chi connectivity index (χ2n) is 9.16. The average Bonchev–Trinajstić information content (AvgIpc) is 2.81. The van der Waals surface area contributed by atoms with Gasteiger partial charge in [0, 0.05) is 45.2 Å². The number of piperidine rings is 1. The second kappa shape index (κ2) is 10.9. The van der Waals surface area contributed by atoms with Gasteiger partial charge in [-0.2, -0.15) is 0 Å². The first-order chi connectivity index (χ1) is 14.8. The quantitative estimate of drug-likeness (QED) is 0.669. The van der Waals surface area contributed by atoms with Crippen molar-refractivity contribution in [1.29, 1.82) is 0 Å². The van der Waals surface area contributed by atoms with Gasteiger partial charge in [0.2, 0.25) is 5.91 Å². The van der Waals surface area contributed by atoms with E-state index in [1.54, 1.807) is 0 Å². The first kappa shape index (κ1) is 21.3. The minimum atomic E-state index is 0.247. The van der Waals surface area contributed by atoms with Gasteiger partial charge in [0.05, 0.1) is 0 Å². The van der Waals surface area contributed by atoms with Crippen LogP contribution in [0.5, 0.6) is 0 Å². The summed E-state index contributed by atoms with van der Waals surface area (Å²) in [6.07, 6.45) is 15.0. The third-order valence-electron chi connectivity index (χ3n) is 6.99. The van der Waals surface area contributed by atoms with Gasteiger partial charge in [-0.15, -0.1) is 0 Å². The Hall–Kier alpha value is -1.91. The Morgan fingerprint density at radius 1 is 0.900 bits per heavy atom. The van der Waals surface area contributed by atoms with Crippen LogP contribution in [0.15, 0.2) is 48.6 Å². The Bertz CT molecular complexity index is 713. The van der Waals surface area contributed by atoms with Gasteiger partial charge in [0.1, 0.15) is 0 Å². The van der Waals surface area contributed by atoms with E-state index in [1.165, 1.54) is 31.4 Å². The Kier molecular flexibility index (Phi) is 7.76. The van der Waals surface area contributed by atoms with E-state index >= 15 is 0 Å². The number of benzene rings is 1. The summed E-state index contributed by atoms with van der Waals surface area (Å²) in [6.45, 7) is 8.12. The van der Waals surface area contributed by atoms with E-state index < -0.39 is 0 Å². The number of carbonyl (C=O) groups excluding carboxylic acids is 1. The smallest absolute Gasteiger partial charge is 0.225 e. The summed E-state index contributed by atoms with van der Waals surface area (Å²) in [7, 11) is 0. The molecule has 1 aromatic carbocycles. The average molecular weight is 408 g/mol. The van der Waals surface area contributed by atoms with Crippen LogP contribution in [-0.4, -0.2) is 73.0 Å². The molecule has 3 aliphatic rings. The molecule has 4 heteroatoms. The number of amides is 1. The number of hydrogen-bond acceptors (Lipinski definition) is 3. The Morgan fingerprint density at radius 3 is 2.37 bits per heavy atom. The zero-order valence-electron chi connectivity index (χ0n) is 18.3. The first-order valence-corrected chi connectivity index (χ1v) is 11.9. The number of likely N-dealkylation sites (tertiary alicyclic amines) is 1. The molecule has 1 amide bonds. The van der Waals surface area contributed by atoms with Crippen molar-refractivity contribution < 1.29 is 4.79 Å². The zero-order valence-corrected chi connectivity index (χ0v) is 18.3. The maximum atomic E-state index is 13.0. The molecule has 0 radical (unpaired) electrons. The molecule has 1 unspecified atom stereocenters. The summed E-state index contributed by atoms with van der Waals surface area (Å²) >= 11 is 0. The maximum absolute atomic E-state index is 13.0. The van der Waals surface area contributed by atoms with E-state index in [4.69, 9.17) is 0 Å². The van der Waals surface area contributed by atoms with Crippen molar-refractivity contribution in [2.75, 3.05) is 52.4 Å². The monoisotopic (exact) mass is 407 g/mol. The number of nitrogens with zero attached hydrogens (tertiary/aromatic N) is 3. The molecule has 2 fully saturated rings. The summed E-state index contributed by atoms with van der Waals surface area (Å²) in [6, 6.07) is 10.4. The molecule has 1 aromatic rings. The fourth-order valence-corrected chi connectivity index (χ4v) is 5.06. The third kappa shape index (κ3) is 6.05. The summed E-state index contributed by atoms with van der Waals surface area (Å²) < 4.78 is 0. The van der Waals surface area contributed by atoms with E-state index in [0.717, 1.165) is 64.6 Å². The van der Waals surface area contributed by atoms with Gasteiger partial charge < -0.3 is 9.80 Å². The van der Waals surface area contributed by atoms with Crippen LogP contribution < -0.4 is 0 Å². The van der Waals surface area contributed by atoms with E-state index in [2.05, 4.69) is 63.3 Å². The molecule has 0 spiro atoms. The topological polar surface area (TPSA) is 26.8 Å². The highest BCUT2D eigenvalue weighted by Crippen LogP contribution is 2.24. The normalized spacial score (nSPS) is 24.5. The van der Waals surface area contributed by atoms with Crippen LogP contribution in [0.25, 0.3) is 6.08 Å². The number of hydrogen-bond donors (Lipinski definition) is 0. The number of allylic oxidation sites excluding steroid dienone is 2. The summed E-state index contributed by atoms with van der Waals surface area (Å²) in [5, 5.41) is 0. The molecule has 2 heterocycles. The van der Waals surface area contributed by atoms with Crippen LogP contribution in [0.4, 0.5) is 0 Å². The van der Waals surface area contributed by atoms with Crippen LogP contribution in [0.1, 0.15) is 37.7 Å². The lowest BCUT2D eigenvalue weighted by Crippen LogP contribution is -2.51. The molecule has 1 aliphatic carbocycles. The van der Waals surface area contributed by atoms with Crippen molar-refractivity contribution in [2.24, 2.45) is 11.8 Å². The highest BCUT2D eigenvalue weighted by atomic mass is 16.2. The lowest BCUT2D eigenvalue weighted by atomic mass is 9.91. The van der Waals surface area contributed by atoms with Crippen LogP contribution >= 0.6 is 0 Å². The van der Waals surface area contributed by atoms with E-state index in [1.807, 2.05) is 6.07 Å². The SMILES string of the molecule is O=C(C1CCN(CC2CC=CCC2)CC1)N1CCN(C/C=C/c2ccccc2)CC1. The first-order valence-electron chi connectivity index (χ1n) is 11.9. The van der Waals surface area contributed by atoms with E-state index in [-0.39, 0.29) is 5.92 Å². The van der Waals surface area contributed by atoms with Gasteiger partial charge in [-0.25, -0.2) is 0 Å². The third-order valence-corrected chi connectivity index (χ3v) is 6.99. The molecule has 162 valence electrons. The zero-order chi connectivity index (χ0) is 20.6. The highest BCUT2D eigenvalue weighted by Gasteiger charge is 2.30. The predicted octanol–water partition coefficient (Wildman–Crippen LogP) is 3.91. The summed E-state index contributed by atoms with van der Waals surface area (Å²) in [4.78, 5) is 20.2. The summed E-state index contributed by atoms with van der Waals surface area (Å²) in [5.41, 5.74) is 1.25. The van der Waals surface area contributed by atoms with Crippen molar-refractivity contribution in [3.8, 4) is 0 Å². The summed E-state index contributed by atoms with van der Waals surface area (Å²) in [5.74, 6) is 1.48. The van der Waals surface area contributed by atoms with Crippen LogP contribution in [0.3, 0.4) is 0 Å². The number of rotatable bonds is 6. The molecule has 4 rings (SSSR count). The Labute approximate surface area is 182 Å². The molecular formula is C26H37N3O. The van der Waals surface area contributed by atoms with Gasteiger partial charge in [-0.05, 0) is 56.7 Å². The van der Waals surface area contributed by atoms with Crippen molar-refractivity contribution in [3.63, 3.8) is 0 Å². The fourth-order valence-electron chi connectivity index (χ4n) is 5.06. The molecule has 2 saturated heterocycles. The van der Waals surface area contributed by atoms with Crippen molar-refractivity contribution in [2.45, 2.75) is 32.1 Å². The largest absolute Gasteiger partial charge is 0.340 e. The standard InChI is InChI=1S/C26H37N3O/c30-26(25-13-16-28(17-14-25)22-24-10-5-2-6-11-24)29-20-18-27(19-21-29)15-7-12-23-8-3-1-4-9-23/h1-5,7-9,12,24-25H,6,10-11,13-22H2/b12-7+. The minimum absolute atomic E-state index is 0.247. The molecule has 1 atom stereocenters. The predicted molar refractivity (Wildman–Crippen MR) is 124 cm³/mol. The van der Waals surface area contributed by atoms with Crippen molar-refractivity contribution in [3.05, 3.63) is 54.1 Å². The molecular weight excluding hydrogens is 370 g/mol. The van der Waals surface area contributed by atoms with Crippen LogP contribution in [-0.2, 0) is 4.79 Å². The van der Waals surface area contributed by atoms with Gasteiger partial charge in [0.15, 0.2) is 0 Å². The van der Waals surface area contributed by atoms with Crippen LogP contribution in [0.2, 0.25) is 0 Å². The molecule has 0 bridgehead atoms. The highest BCUT2D eigenvalue weighted by molar-refractivity contribution is 5.79. The van der Waals surface area contributed by atoms with Gasteiger partial charge >= 0.3 is 0 Å². The molecule has 2 aliphatic heterocycles. The van der Waals surface area contributed by atoms with E-state index in [9.17, 15) is 4.79 Å². The lowest BCUT2D eigenvalue weighted by Gasteiger charge is -2.39. The number of piperazine rings is 1. The molecule has 30 heavy (non-hydrogen) atoms. The Balaban J connectivity index is 1.15. The Morgan fingerprint density at radius 2 is 1.67 bits per heavy atom. The van der Waals surface area contributed by atoms with Gasteiger partial charge in [-0.3, -0.25) is 9.69 Å².